The molecule has 0 spiro atoms. The molecule has 1 unspecified atom stereocenters. The van der Waals surface area contributed by atoms with E-state index >= 15 is 0 Å². The van der Waals surface area contributed by atoms with Crippen molar-refractivity contribution in [3.63, 3.8) is 0 Å². The molecular weight excluding hydrogens is 276 g/mol. The lowest BCUT2D eigenvalue weighted by Gasteiger charge is -2.61. The van der Waals surface area contributed by atoms with Crippen LogP contribution in [-0.2, 0) is 4.79 Å². The number of carbonyl (C=O) groups excluding carboxylic acids is 1. The molecule has 0 saturated heterocycles. The van der Waals surface area contributed by atoms with Gasteiger partial charge >= 0.3 is 0 Å². The number of hydrogen-bond acceptors (Lipinski definition) is 3. The van der Waals surface area contributed by atoms with E-state index in [1.54, 1.807) is 0 Å². The summed E-state index contributed by atoms with van der Waals surface area (Å²) in [5, 5.41) is 20.8. The molecular formula is C19H30O3. The Bertz CT molecular complexity index is 489. The van der Waals surface area contributed by atoms with Crippen molar-refractivity contribution in [3.8, 4) is 0 Å². The van der Waals surface area contributed by atoms with E-state index in [1.165, 1.54) is 0 Å². The summed E-state index contributed by atoms with van der Waals surface area (Å²) in [5.74, 6) is 2.35. The molecule has 4 aliphatic rings. The van der Waals surface area contributed by atoms with Crippen molar-refractivity contribution >= 4 is 5.78 Å². The Morgan fingerprint density at radius 1 is 0.955 bits per heavy atom. The molecule has 4 rings (SSSR count). The Labute approximate surface area is 133 Å². The molecule has 0 aliphatic heterocycles. The number of aliphatic hydroxyl groups excluding tert-OH is 2. The van der Waals surface area contributed by atoms with Crippen LogP contribution in [-0.4, -0.2) is 28.2 Å². The second-order valence-corrected chi connectivity index (χ2v) is 9.14. The number of Topliss-reactive ketones (excluding diaryl/α,β-unsaturated/α-hetero) is 1. The van der Waals surface area contributed by atoms with Crippen molar-refractivity contribution in [2.75, 3.05) is 0 Å². The lowest BCUT2D eigenvalue weighted by Crippen LogP contribution is -2.58. The van der Waals surface area contributed by atoms with Crippen LogP contribution in [0.2, 0.25) is 0 Å². The molecule has 0 heterocycles. The van der Waals surface area contributed by atoms with Crippen LogP contribution in [0.4, 0.5) is 0 Å². The smallest absolute Gasteiger partial charge is 0.139 e. The summed E-state index contributed by atoms with van der Waals surface area (Å²) in [7, 11) is 0. The van der Waals surface area contributed by atoms with Crippen LogP contribution >= 0.6 is 0 Å². The van der Waals surface area contributed by atoms with Crippen molar-refractivity contribution in [1.29, 1.82) is 0 Å². The highest BCUT2D eigenvalue weighted by molar-refractivity contribution is 5.87. The Balaban J connectivity index is 1.68. The Morgan fingerprint density at radius 2 is 1.73 bits per heavy atom. The average Bonchev–Trinajstić information content (AvgIpc) is 2.77. The predicted octanol–water partition coefficient (Wildman–Crippen LogP) is 2.93. The van der Waals surface area contributed by atoms with Crippen molar-refractivity contribution in [2.45, 2.75) is 77.4 Å². The number of carbonyl (C=O) groups is 1. The van der Waals surface area contributed by atoms with Crippen molar-refractivity contribution in [3.05, 3.63) is 0 Å². The van der Waals surface area contributed by atoms with Gasteiger partial charge in [0, 0.05) is 11.8 Å². The van der Waals surface area contributed by atoms with Gasteiger partial charge in [-0.3, -0.25) is 4.79 Å². The maximum absolute atomic E-state index is 12.4. The third-order valence-electron chi connectivity index (χ3n) is 8.36. The molecule has 0 bridgehead atoms. The molecule has 4 fully saturated rings. The van der Waals surface area contributed by atoms with Gasteiger partial charge in [-0.15, -0.1) is 0 Å². The van der Waals surface area contributed by atoms with E-state index in [0.717, 1.165) is 51.4 Å². The molecule has 0 radical (unpaired) electrons. The fourth-order valence-electron chi connectivity index (χ4n) is 7.05. The summed E-state index contributed by atoms with van der Waals surface area (Å²) in [4.78, 5) is 12.4. The first-order chi connectivity index (χ1) is 10.4. The quantitative estimate of drug-likeness (QED) is 0.723. The molecule has 0 aromatic heterocycles. The molecule has 3 heteroatoms. The van der Waals surface area contributed by atoms with Gasteiger partial charge in [0.2, 0.25) is 0 Å². The first-order valence-electron chi connectivity index (χ1n) is 9.25. The van der Waals surface area contributed by atoms with Gasteiger partial charge in [-0.05, 0) is 74.0 Å². The fraction of sp³-hybridized carbons (Fsp3) is 0.947. The van der Waals surface area contributed by atoms with E-state index in [-0.39, 0.29) is 29.0 Å². The van der Waals surface area contributed by atoms with E-state index in [1.807, 2.05) is 0 Å². The number of rotatable bonds is 0. The van der Waals surface area contributed by atoms with Crippen molar-refractivity contribution < 1.29 is 15.0 Å². The van der Waals surface area contributed by atoms with Gasteiger partial charge in [0.25, 0.3) is 0 Å². The van der Waals surface area contributed by atoms with Gasteiger partial charge in [0.15, 0.2) is 0 Å². The lowest BCUT2D eigenvalue weighted by atomic mass is 9.44. The van der Waals surface area contributed by atoms with Crippen molar-refractivity contribution in [2.24, 2.45) is 34.5 Å². The summed E-state index contributed by atoms with van der Waals surface area (Å²) in [5.41, 5.74) is 0.0484. The third-order valence-corrected chi connectivity index (χ3v) is 8.36. The zero-order valence-corrected chi connectivity index (χ0v) is 13.9. The maximum atomic E-state index is 12.4. The van der Waals surface area contributed by atoms with Crippen molar-refractivity contribution in [1.82, 2.24) is 0 Å². The first-order valence-corrected chi connectivity index (χ1v) is 9.25. The second kappa shape index (κ2) is 4.80. The van der Waals surface area contributed by atoms with Crippen LogP contribution in [0.3, 0.4) is 0 Å². The summed E-state index contributed by atoms with van der Waals surface area (Å²) < 4.78 is 0. The Kier molecular flexibility index (Phi) is 3.30. The maximum Gasteiger partial charge on any atom is 0.139 e. The van der Waals surface area contributed by atoms with E-state index in [4.69, 9.17) is 0 Å². The van der Waals surface area contributed by atoms with Gasteiger partial charge in [-0.2, -0.15) is 0 Å². The summed E-state index contributed by atoms with van der Waals surface area (Å²) in [6, 6.07) is 0. The average molecular weight is 306 g/mol. The van der Waals surface area contributed by atoms with Gasteiger partial charge in [-0.1, -0.05) is 13.8 Å². The normalized spacial score (nSPS) is 57.9. The Morgan fingerprint density at radius 3 is 2.50 bits per heavy atom. The van der Waals surface area contributed by atoms with E-state index in [2.05, 4.69) is 13.8 Å². The number of ketones is 1. The first kappa shape index (κ1) is 15.1. The minimum Gasteiger partial charge on any atom is -0.393 e. The van der Waals surface area contributed by atoms with E-state index < -0.39 is 0 Å². The molecule has 2 N–H and O–H groups in total. The summed E-state index contributed by atoms with van der Waals surface area (Å²) in [6.07, 6.45) is 6.97. The van der Waals surface area contributed by atoms with Crippen LogP contribution in [0.15, 0.2) is 0 Å². The lowest BCUT2D eigenvalue weighted by molar-refractivity contribution is -0.170. The highest BCUT2D eigenvalue weighted by Crippen LogP contribution is 2.65. The van der Waals surface area contributed by atoms with Gasteiger partial charge < -0.3 is 10.2 Å². The molecule has 4 aliphatic carbocycles. The van der Waals surface area contributed by atoms with Crippen LogP contribution in [0, 0.1) is 34.5 Å². The van der Waals surface area contributed by atoms with E-state index in [0.29, 0.717) is 23.5 Å². The zero-order chi connectivity index (χ0) is 15.7. The molecule has 22 heavy (non-hydrogen) atoms. The largest absolute Gasteiger partial charge is 0.393 e. The molecule has 4 saturated carbocycles. The number of fused-ring (bicyclic) bond motifs is 5. The van der Waals surface area contributed by atoms with Gasteiger partial charge in [0.1, 0.15) is 5.78 Å². The molecule has 0 amide bonds. The fourth-order valence-corrected chi connectivity index (χ4v) is 7.05. The zero-order valence-electron chi connectivity index (χ0n) is 13.9. The molecule has 0 aromatic rings. The molecule has 124 valence electrons. The minimum absolute atomic E-state index is 0.113. The van der Waals surface area contributed by atoms with Gasteiger partial charge in [0.05, 0.1) is 12.2 Å². The SMILES string of the molecule is C[C@]12CC[C@@H](O)CC1[C@@H](O)C[C@@H]1[C@@H]2CC[C@]2(C)C(=O)CC[C@@H]12. The molecule has 8 atom stereocenters. The highest BCUT2D eigenvalue weighted by Gasteiger charge is 2.61. The summed E-state index contributed by atoms with van der Waals surface area (Å²) >= 11 is 0. The van der Waals surface area contributed by atoms with E-state index in [9.17, 15) is 15.0 Å². The standard InChI is InChI=1S/C19H30O3/c1-18-7-5-11(20)9-15(18)16(21)10-12-13-3-4-17(22)19(13,2)8-6-14(12)18/h11-16,20-21H,3-10H2,1-2H3/t11-,12+,13+,14+,15?,16+,18-,19+/m1/s1. The number of aliphatic hydroxyl groups is 2. The highest BCUT2D eigenvalue weighted by atomic mass is 16.3. The molecule has 0 aromatic carbocycles. The number of hydrogen-bond donors (Lipinski definition) is 2. The Hall–Kier alpha value is -0.410. The topological polar surface area (TPSA) is 57.5 Å². The van der Waals surface area contributed by atoms with Crippen LogP contribution in [0.1, 0.15) is 65.2 Å². The second-order valence-electron chi connectivity index (χ2n) is 9.14. The van der Waals surface area contributed by atoms with Crippen LogP contribution in [0.25, 0.3) is 0 Å². The predicted molar refractivity (Wildman–Crippen MR) is 84.1 cm³/mol. The molecule has 3 nitrogen and oxygen atoms in total. The van der Waals surface area contributed by atoms with Crippen LogP contribution < -0.4 is 0 Å². The minimum atomic E-state index is -0.292. The monoisotopic (exact) mass is 306 g/mol. The van der Waals surface area contributed by atoms with Gasteiger partial charge in [-0.25, -0.2) is 0 Å². The third kappa shape index (κ3) is 1.84. The van der Waals surface area contributed by atoms with Crippen LogP contribution in [0.5, 0.6) is 0 Å². The summed E-state index contributed by atoms with van der Waals surface area (Å²) in [6.45, 7) is 4.55.